The molecule has 0 atom stereocenters. The number of fused-ring (bicyclic) bond motifs is 1. The predicted octanol–water partition coefficient (Wildman–Crippen LogP) is 5.37. The lowest BCUT2D eigenvalue weighted by Gasteiger charge is -2.32. The minimum Gasteiger partial charge on any atom is -0.481 e. The first-order valence-corrected chi connectivity index (χ1v) is 12.1. The summed E-state index contributed by atoms with van der Waals surface area (Å²) in [7, 11) is 0. The molecule has 7 nitrogen and oxygen atoms in total. The van der Waals surface area contributed by atoms with Gasteiger partial charge in [0.05, 0.1) is 22.2 Å². The molecular weight excluding hydrogens is 444 g/mol. The normalized spacial score (nSPS) is 14.7. The van der Waals surface area contributed by atoms with Gasteiger partial charge in [-0.25, -0.2) is 9.78 Å². The summed E-state index contributed by atoms with van der Waals surface area (Å²) in [5.41, 5.74) is 2.66. The van der Waals surface area contributed by atoms with Crippen LogP contribution in [0, 0.1) is 5.41 Å². The van der Waals surface area contributed by atoms with Gasteiger partial charge in [-0.2, -0.15) is 0 Å². The molecule has 2 aromatic carbocycles. The second kappa shape index (κ2) is 10.3. The molecule has 4 rings (SSSR count). The Labute approximate surface area is 204 Å². The summed E-state index contributed by atoms with van der Waals surface area (Å²) >= 11 is 0. The molecule has 1 amide bonds. The smallest absolute Gasteiger partial charge is 0.335 e. The standard InChI is InChI=1S/C28H30N2O5/c1-2-5-25(31)30(18-28(27(34)35)14-3-4-15-28)17-19-6-12-24-22(16-19)11-13-23(29-24)20-7-9-21(10-8-20)26(32)33/h6-13,16H,2-5,14-15,17-18H2,1H3,(H,32,33)(H,34,35). The SMILES string of the molecule is CCCC(=O)N(Cc1ccc2nc(-c3ccc(C(=O)O)cc3)ccc2c1)CC1(C(=O)O)CCCC1. The third-order valence-electron chi connectivity index (χ3n) is 6.88. The van der Waals surface area contributed by atoms with Crippen molar-refractivity contribution in [3.05, 3.63) is 65.7 Å². The largest absolute Gasteiger partial charge is 0.481 e. The van der Waals surface area contributed by atoms with Crippen LogP contribution in [-0.4, -0.2) is 44.5 Å². The molecule has 3 aromatic rings. The Morgan fingerprint density at radius 2 is 1.69 bits per heavy atom. The lowest BCUT2D eigenvalue weighted by atomic mass is 9.85. The number of carbonyl (C=O) groups is 3. The number of hydrogen-bond acceptors (Lipinski definition) is 4. The molecule has 1 aliphatic rings. The average Bonchev–Trinajstić information content (AvgIpc) is 3.33. The van der Waals surface area contributed by atoms with Crippen LogP contribution in [0.15, 0.2) is 54.6 Å². The fourth-order valence-electron chi connectivity index (χ4n) is 4.90. The van der Waals surface area contributed by atoms with Crippen LogP contribution < -0.4 is 0 Å². The van der Waals surface area contributed by atoms with Gasteiger partial charge in [-0.15, -0.1) is 0 Å². The lowest BCUT2D eigenvalue weighted by Crippen LogP contribution is -2.43. The van der Waals surface area contributed by atoms with Crippen LogP contribution in [0.25, 0.3) is 22.2 Å². The quantitative estimate of drug-likeness (QED) is 0.431. The first-order valence-electron chi connectivity index (χ1n) is 12.1. The van der Waals surface area contributed by atoms with E-state index >= 15 is 0 Å². The number of pyridine rings is 1. The van der Waals surface area contributed by atoms with Gasteiger partial charge in [-0.1, -0.05) is 44.0 Å². The molecule has 0 saturated heterocycles. The average molecular weight is 475 g/mol. The molecule has 0 bridgehead atoms. The molecule has 1 fully saturated rings. The van der Waals surface area contributed by atoms with Crippen molar-refractivity contribution < 1.29 is 24.6 Å². The fourth-order valence-corrected chi connectivity index (χ4v) is 4.90. The molecule has 0 aliphatic heterocycles. The van der Waals surface area contributed by atoms with E-state index in [1.807, 2.05) is 37.3 Å². The van der Waals surface area contributed by atoms with Crippen LogP contribution in [0.2, 0.25) is 0 Å². The van der Waals surface area contributed by atoms with E-state index in [4.69, 9.17) is 10.1 Å². The maximum atomic E-state index is 12.9. The van der Waals surface area contributed by atoms with Crippen LogP contribution in [0.5, 0.6) is 0 Å². The highest BCUT2D eigenvalue weighted by Crippen LogP contribution is 2.39. The molecule has 0 radical (unpaired) electrons. The number of hydrogen-bond donors (Lipinski definition) is 2. The number of amides is 1. The number of aromatic carboxylic acids is 1. The number of carboxylic acids is 2. The van der Waals surface area contributed by atoms with Gasteiger partial charge in [-0.3, -0.25) is 9.59 Å². The Morgan fingerprint density at radius 1 is 0.971 bits per heavy atom. The minimum atomic E-state index is -0.968. The van der Waals surface area contributed by atoms with Gasteiger partial charge < -0.3 is 15.1 Å². The Hall–Kier alpha value is -3.74. The third-order valence-corrected chi connectivity index (χ3v) is 6.88. The molecule has 0 unspecified atom stereocenters. The highest BCUT2D eigenvalue weighted by molar-refractivity contribution is 5.88. The van der Waals surface area contributed by atoms with Crippen LogP contribution >= 0.6 is 0 Å². The molecule has 2 N–H and O–H groups in total. The number of benzene rings is 2. The Morgan fingerprint density at radius 3 is 2.31 bits per heavy atom. The highest BCUT2D eigenvalue weighted by atomic mass is 16.4. The van der Waals surface area contributed by atoms with E-state index in [-0.39, 0.29) is 18.0 Å². The second-order valence-corrected chi connectivity index (χ2v) is 9.40. The van der Waals surface area contributed by atoms with Crippen molar-refractivity contribution in [1.82, 2.24) is 9.88 Å². The summed E-state index contributed by atoms with van der Waals surface area (Å²) in [6.45, 7) is 2.55. The first-order chi connectivity index (χ1) is 16.8. The number of nitrogens with zero attached hydrogens (tertiary/aromatic N) is 2. The van der Waals surface area contributed by atoms with Crippen LogP contribution in [0.4, 0.5) is 0 Å². The van der Waals surface area contributed by atoms with Gasteiger partial charge in [0.2, 0.25) is 5.91 Å². The summed E-state index contributed by atoms with van der Waals surface area (Å²) in [5.74, 6) is -1.79. The topological polar surface area (TPSA) is 108 Å². The van der Waals surface area contributed by atoms with E-state index < -0.39 is 17.4 Å². The van der Waals surface area contributed by atoms with E-state index in [0.717, 1.165) is 40.6 Å². The van der Waals surface area contributed by atoms with Crippen LogP contribution in [0.3, 0.4) is 0 Å². The van der Waals surface area contributed by atoms with Crippen molar-refractivity contribution in [2.24, 2.45) is 5.41 Å². The van der Waals surface area contributed by atoms with Gasteiger partial charge in [-0.05, 0) is 55.2 Å². The van der Waals surface area contributed by atoms with Crippen molar-refractivity contribution in [1.29, 1.82) is 0 Å². The van der Waals surface area contributed by atoms with Crippen molar-refractivity contribution in [2.75, 3.05) is 6.54 Å². The predicted molar refractivity (Wildman–Crippen MR) is 133 cm³/mol. The van der Waals surface area contributed by atoms with Gasteiger partial charge in [0, 0.05) is 30.5 Å². The van der Waals surface area contributed by atoms with Gasteiger partial charge in [0.1, 0.15) is 0 Å². The van der Waals surface area contributed by atoms with E-state index in [9.17, 15) is 19.5 Å². The third kappa shape index (κ3) is 5.34. The molecule has 1 aromatic heterocycles. The summed E-state index contributed by atoms with van der Waals surface area (Å²) in [6.07, 6.45) is 4.09. The maximum absolute atomic E-state index is 12.9. The zero-order valence-corrected chi connectivity index (χ0v) is 19.9. The van der Waals surface area contributed by atoms with E-state index in [2.05, 4.69) is 0 Å². The van der Waals surface area contributed by atoms with Crippen molar-refractivity contribution in [3.63, 3.8) is 0 Å². The lowest BCUT2D eigenvalue weighted by molar-refractivity contribution is -0.151. The maximum Gasteiger partial charge on any atom is 0.335 e. The summed E-state index contributed by atoms with van der Waals surface area (Å²) in [4.78, 5) is 42.5. The van der Waals surface area contributed by atoms with Crippen molar-refractivity contribution in [3.8, 4) is 11.3 Å². The first kappa shape index (κ1) is 24.4. The van der Waals surface area contributed by atoms with Gasteiger partial charge >= 0.3 is 11.9 Å². The van der Waals surface area contributed by atoms with E-state index in [0.29, 0.717) is 32.2 Å². The van der Waals surface area contributed by atoms with Crippen LogP contribution in [0.1, 0.15) is 61.4 Å². The van der Waals surface area contributed by atoms with Crippen molar-refractivity contribution >= 4 is 28.7 Å². The number of aromatic nitrogens is 1. The van der Waals surface area contributed by atoms with E-state index in [1.165, 1.54) is 0 Å². The minimum absolute atomic E-state index is 0.0154. The van der Waals surface area contributed by atoms with Gasteiger partial charge in [0.15, 0.2) is 0 Å². The number of aliphatic carboxylic acids is 1. The molecular formula is C28H30N2O5. The molecule has 182 valence electrons. The zero-order chi connectivity index (χ0) is 25.0. The molecule has 7 heteroatoms. The van der Waals surface area contributed by atoms with E-state index in [1.54, 1.807) is 29.2 Å². The number of carbonyl (C=O) groups excluding carboxylic acids is 1. The Balaban J connectivity index is 1.57. The molecule has 1 heterocycles. The molecule has 1 aliphatic carbocycles. The highest BCUT2D eigenvalue weighted by Gasteiger charge is 2.43. The van der Waals surface area contributed by atoms with Gasteiger partial charge in [0.25, 0.3) is 0 Å². The Bertz CT molecular complexity index is 1250. The number of carboxylic acid groups (broad SMARTS) is 2. The molecule has 0 spiro atoms. The summed E-state index contributed by atoms with van der Waals surface area (Å²) < 4.78 is 0. The molecule has 35 heavy (non-hydrogen) atoms. The fraction of sp³-hybridized carbons (Fsp3) is 0.357. The zero-order valence-electron chi connectivity index (χ0n) is 19.9. The monoisotopic (exact) mass is 474 g/mol. The molecule has 1 saturated carbocycles. The summed E-state index contributed by atoms with van der Waals surface area (Å²) in [5, 5.41) is 19.9. The van der Waals surface area contributed by atoms with Crippen molar-refractivity contribution in [2.45, 2.75) is 52.0 Å². The Kier molecular flexibility index (Phi) is 7.15. The second-order valence-electron chi connectivity index (χ2n) is 9.40. The summed E-state index contributed by atoms with van der Waals surface area (Å²) in [6, 6.07) is 16.3. The van der Waals surface area contributed by atoms with Crippen LogP contribution in [-0.2, 0) is 16.1 Å². The number of rotatable bonds is 9.